The lowest BCUT2D eigenvalue weighted by Crippen LogP contribution is -2.32. The SMILES string of the molecule is NCC1CCN(Cc2ccc(Cl)cc2Cl)S1(=O)=O. The van der Waals surface area contributed by atoms with Crippen molar-refractivity contribution in [1.82, 2.24) is 4.31 Å². The van der Waals surface area contributed by atoms with Crippen molar-refractivity contribution < 1.29 is 8.42 Å². The predicted octanol–water partition coefficient (Wildman–Crippen LogP) is 1.86. The predicted molar refractivity (Wildman–Crippen MR) is 73.3 cm³/mol. The molecule has 4 nitrogen and oxygen atoms in total. The molecule has 0 radical (unpaired) electrons. The fourth-order valence-electron chi connectivity index (χ4n) is 2.02. The van der Waals surface area contributed by atoms with E-state index in [1.807, 2.05) is 0 Å². The Bertz CT molecular complexity index is 548. The lowest BCUT2D eigenvalue weighted by molar-refractivity contribution is 0.440. The number of hydrogen-bond acceptors (Lipinski definition) is 3. The first-order valence-corrected chi connectivity index (χ1v) is 7.84. The van der Waals surface area contributed by atoms with E-state index in [0.717, 1.165) is 5.56 Å². The largest absolute Gasteiger partial charge is 0.329 e. The Morgan fingerprint density at radius 3 is 2.67 bits per heavy atom. The van der Waals surface area contributed by atoms with E-state index in [9.17, 15) is 8.42 Å². The molecule has 1 aromatic carbocycles. The molecule has 1 aliphatic rings. The Labute approximate surface area is 117 Å². The Balaban J connectivity index is 2.20. The van der Waals surface area contributed by atoms with Gasteiger partial charge in [-0.05, 0) is 24.1 Å². The van der Waals surface area contributed by atoms with Gasteiger partial charge in [0.1, 0.15) is 0 Å². The van der Waals surface area contributed by atoms with E-state index in [1.165, 1.54) is 4.31 Å². The third-order valence-electron chi connectivity index (χ3n) is 3.11. The Morgan fingerprint density at radius 1 is 1.39 bits per heavy atom. The van der Waals surface area contributed by atoms with Gasteiger partial charge in [0.25, 0.3) is 0 Å². The van der Waals surface area contributed by atoms with Crippen LogP contribution in [0.25, 0.3) is 0 Å². The maximum absolute atomic E-state index is 12.1. The summed E-state index contributed by atoms with van der Waals surface area (Å²) in [5.41, 5.74) is 6.22. The summed E-state index contributed by atoms with van der Waals surface area (Å²) in [7, 11) is -3.29. The van der Waals surface area contributed by atoms with E-state index in [1.54, 1.807) is 18.2 Å². The molecule has 1 aromatic rings. The van der Waals surface area contributed by atoms with E-state index in [0.29, 0.717) is 23.0 Å². The van der Waals surface area contributed by atoms with Crippen molar-refractivity contribution in [2.45, 2.75) is 18.2 Å². The van der Waals surface area contributed by atoms with Gasteiger partial charge >= 0.3 is 0 Å². The number of sulfonamides is 1. The number of hydrogen-bond donors (Lipinski definition) is 1. The van der Waals surface area contributed by atoms with Crippen LogP contribution < -0.4 is 5.73 Å². The minimum atomic E-state index is -3.29. The first-order chi connectivity index (χ1) is 8.45. The zero-order valence-electron chi connectivity index (χ0n) is 9.64. The normalized spacial score (nSPS) is 23.4. The van der Waals surface area contributed by atoms with Crippen LogP contribution in [0.3, 0.4) is 0 Å². The molecule has 7 heteroatoms. The first-order valence-electron chi connectivity index (χ1n) is 5.58. The highest BCUT2D eigenvalue weighted by molar-refractivity contribution is 7.90. The lowest BCUT2D eigenvalue weighted by atomic mass is 10.2. The van der Waals surface area contributed by atoms with Gasteiger partial charge in [-0.1, -0.05) is 29.3 Å². The Hall–Kier alpha value is -0.330. The molecule has 0 bridgehead atoms. The average Bonchev–Trinajstić information content (AvgIpc) is 2.57. The molecule has 2 N–H and O–H groups in total. The third kappa shape index (κ3) is 2.65. The number of nitrogens with two attached hydrogens (primary N) is 1. The Kier molecular flexibility index (Phi) is 4.18. The minimum absolute atomic E-state index is 0.160. The van der Waals surface area contributed by atoms with E-state index in [-0.39, 0.29) is 13.1 Å². The smallest absolute Gasteiger partial charge is 0.218 e. The quantitative estimate of drug-likeness (QED) is 0.927. The molecule has 0 amide bonds. The molecule has 2 rings (SSSR count). The van der Waals surface area contributed by atoms with Gasteiger partial charge in [-0.25, -0.2) is 8.42 Å². The highest BCUT2D eigenvalue weighted by Crippen LogP contribution is 2.27. The maximum Gasteiger partial charge on any atom is 0.218 e. The van der Waals surface area contributed by atoms with Crippen LogP contribution >= 0.6 is 23.2 Å². The molecule has 100 valence electrons. The third-order valence-corrected chi connectivity index (χ3v) is 6.00. The van der Waals surface area contributed by atoms with E-state index in [4.69, 9.17) is 28.9 Å². The Morgan fingerprint density at radius 2 is 2.11 bits per heavy atom. The number of benzene rings is 1. The van der Waals surface area contributed by atoms with Gasteiger partial charge in [0.2, 0.25) is 10.0 Å². The van der Waals surface area contributed by atoms with Gasteiger partial charge in [0.05, 0.1) is 5.25 Å². The van der Waals surface area contributed by atoms with E-state index < -0.39 is 15.3 Å². The zero-order chi connectivity index (χ0) is 13.3. The molecule has 18 heavy (non-hydrogen) atoms. The second kappa shape index (κ2) is 5.35. The molecule has 0 spiro atoms. The standard InChI is InChI=1S/C11H14Cl2N2O2S/c12-9-2-1-8(11(13)5-9)7-15-4-3-10(6-14)18(15,16)17/h1-2,5,10H,3-4,6-7,14H2. The molecular weight excluding hydrogens is 295 g/mol. The van der Waals surface area contributed by atoms with Crippen molar-refractivity contribution in [3.8, 4) is 0 Å². The molecule has 1 aliphatic heterocycles. The van der Waals surface area contributed by atoms with Gasteiger partial charge in [-0.15, -0.1) is 0 Å². The molecule has 1 unspecified atom stereocenters. The van der Waals surface area contributed by atoms with Crippen molar-refractivity contribution in [3.63, 3.8) is 0 Å². The molecule has 1 fully saturated rings. The lowest BCUT2D eigenvalue weighted by Gasteiger charge is -2.17. The van der Waals surface area contributed by atoms with Crippen molar-refractivity contribution in [2.24, 2.45) is 5.73 Å². The van der Waals surface area contributed by atoms with Crippen LogP contribution in [0.1, 0.15) is 12.0 Å². The van der Waals surface area contributed by atoms with Gasteiger partial charge in [0.15, 0.2) is 0 Å². The van der Waals surface area contributed by atoms with Gasteiger partial charge in [0, 0.05) is 29.7 Å². The van der Waals surface area contributed by atoms with Gasteiger partial charge in [-0.2, -0.15) is 4.31 Å². The topological polar surface area (TPSA) is 63.4 Å². The molecule has 0 saturated carbocycles. The van der Waals surface area contributed by atoms with Crippen LogP contribution in [-0.4, -0.2) is 31.1 Å². The van der Waals surface area contributed by atoms with Crippen LogP contribution in [0.4, 0.5) is 0 Å². The molecule has 0 aromatic heterocycles. The summed E-state index contributed by atoms with van der Waals surface area (Å²) in [6.45, 7) is 0.922. The molecule has 1 heterocycles. The molecule has 1 atom stereocenters. The fraction of sp³-hybridized carbons (Fsp3) is 0.455. The van der Waals surface area contributed by atoms with E-state index >= 15 is 0 Å². The number of nitrogens with zero attached hydrogens (tertiary/aromatic N) is 1. The summed E-state index contributed by atoms with van der Waals surface area (Å²) in [6.07, 6.45) is 0.573. The minimum Gasteiger partial charge on any atom is -0.329 e. The number of rotatable bonds is 3. The second-order valence-corrected chi connectivity index (χ2v) is 7.32. The van der Waals surface area contributed by atoms with Crippen molar-refractivity contribution in [1.29, 1.82) is 0 Å². The van der Waals surface area contributed by atoms with Crippen molar-refractivity contribution >= 4 is 33.2 Å². The summed E-state index contributed by atoms with van der Waals surface area (Å²) in [5.74, 6) is 0. The molecule has 0 aliphatic carbocycles. The highest BCUT2D eigenvalue weighted by atomic mass is 35.5. The van der Waals surface area contributed by atoms with Crippen LogP contribution in [0.15, 0.2) is 18.2 Å². The monoisotopic (exact) mass is 308 g/mol. The summed E-state index contributed by atoms with van der Waals surface area (Å²) in [4.78, 5) is 0. The van der Waals surface area contributed by atoms with Crippen LogP contribution in [0, 0.1) is 0 Å². The maximum atomic E-state index is 12.1. The highest BCUT2D eigenvalue weighted by Gasteiger charge is 2.37. The van der Waals surface area contributed by atoms with Crippen LogP contribution in [0.2, 0.25) is 10.0 Å². The van der Waals surface area contributed by atoms with E-state index in [2.05, 4.69) is 0 Å². The summed E-state index contributed by atoms with van der Waals surface area (Å²) >= 11 is 11.8. The summed E-state index contributed by atoms with van der Waals surface area (Å²) < 4.78 is 25.6. The van der Waals surface area contributed by atoms with Crippen molar-refractivity contribution in [3.05, 3.63) is 33.8 Å². The fourth-order valence-corrected chi connectivity index (χ4v) is 4.24. The van der Waals surface area contributed by atoms with Crippen molar-refractivity contribution in [2.75, 3.05) is 13.1 Å². The molecular formula is C11H14Cl2N2O2S. The second-order valence-electron chi connectivity index (χ2n) is 4.26. The average molecular weight is 309 g/mol. The first kappa shape index (κ1) is 14.1. The summed E-state index contributed by atoms with van der Waals surface area (Å²) in [5, 5.41) is 0.547. The van der Waals surface area contributed by atoms with Gasteiger partial charge < -0.3 is 5.73 Å². The molecule has 1 saturated heterocycles. The van der Waals surface area contributed by atoms with Crippen LogP contribution in [0.5, 0.6) is 0 Å². The summed E-state index contributed by atoms with van der Waals surface area (Å²) in [6, 6.07) is 5.06. The van der Waals surface area contributed by atoms with Crippen LogP contribution in [-0.2, 0) is 16.6 Å². The van der Waals surface area contributed by atoms with Gasteiger partial charge in [-0.3, -0.25) is 0 Å². The number of halogens is 2. The zero-order valence-corrected chi connectivity index (χ0v) is 12.0.